The summed E-state index contributed by atoms with van der Waals surface area (Å²) < 4.78 is 20.6. The van der Waals surface area contributed by atoms with Gasteiger partial charge in [-0.25, -0.2) is 14.4 Å². The lowest BCUT2D eigenvalue weighted by Gasteiger charge is -2.19. The Hall–Kier alpha value is -3.16. The second-order valence-electron chi connectivity index (χ2n) is 7.41. The predicted octanol–water partition coefficient (Wildman–Crippen LogP) is 4.71. The first-order valence-electron chi connectivity index (χ1n) is 9.83. The van der Waals surface area contributed by atoms with E-state index in [4.69, 9.17) is 15.3 Å². The monoisotopic (exact) mass is 397 g/mol. The van der Waals surface area contributed by atoms with Gasteiger partial charge in [0.15, 0.2) is 11.6 Å². The fraction of sp³-hybridized carbons (Fsp3) is 0.381. The second-order valence-corrected chi connectivity index (χ2v) is 7.41. The average Bonchev–Trinajstić information content (AvgIpc) is 3.11. The third-order valence-electron chi connectivity index (χ3n) is 5.21. The first kappa shape index (κ1) is 19.2. The molecule has 1 fully saturated rings. The molecule has 1 saturated carbocycles. The number of ether oxygens (including phenoxy) is 1. The molecule has 0 saturated heterocycles. The summed E-state index contributed by atoms with van der Waals surface area (Å²) in [5.41, 5.74) is 7.87. The molecular formula is C21H24FN5O2. The zero-order valence-corrected chi connectivity index (χ0v) is 16.3. The van der Waals surface area contributed by atoms with Crippen LogP contribution in [0.5, 0.6) is 11.6 Å². The lowest BCUT2D eigenvalue weighted by Crippen LogP contribution is -2.11. The van der Waals surface area contributed by atoms with E-state index in [0.717, 1.165) is 5.69 Å². The van der Waals surface area contributed by atoms with E-state index in [2.05, 4.69) is 20.1 Å². The summed E-state index contributed by atoms with van der Waals surface area (Å²) in [4.78, 5) is 16.6. The van der Waals surface area contributed by atoms with Gasteiger partial charge in [-0.1, -0.05) is 24.4 Å². The Kier molecular flexibility index (Phi) is 5.59. The largest absolute Gasteiger partial charge is 0.435 e. The number of aromatic nitrogens is 3. The lowest BCUT2D eigenvalue weighted by molar-refractivity contribution is 0.0928. The van der Waals surface area contributed by atoms with Gasteiger partial charge in [-0.2, -0.15) is 0 Å². The van der Waals surface area contributed by atoms with Crippen molar-refractivity contribution >= 4 is 22.9 Å². The molecule has 29 heavy (non-hydrogen) atoms. The highest BCUT2D eigenvalue weighted by Crippen LogP contribution is 2.31. The quantitative estimate of drug-likeness (QED) is 0.464. The van der Waals surface area contributed by atoms with E-state index < -0.39 is 5.82 Å². The topological polar surface area (TPSA) is 98.4 Å². The molecule has 0 aliphatic heterocycles. The summed E-state index contributed by atoms with van der Waals surface area (Å²) in [6.07, 6.45) is 8.80. The van der Waals surface area contributed by atoms with Crippen LogP contribution in [0.25, 0.3) is 10.9 Å². The maximum atomic E-state index is 14.8. The lowest BCUT2D eigenvalue weighted by atomic mass is 9.90. The van der Waals surface area contributed by atoms with Crippen molar-refractivity contribution in [2.24, 2.45) is 11.1 Å². The number of hydrogen-bond donors (Lipinski definition) is 2. The summed E-state index contributed by atoms with van der Waals surface area (Å²) in [7, 11) is 0. The number of aromatic amines is 1. The molecule has 1 aliphatic rings. The van der Waals surface area contributed by atoms with Gasteiger partial charge in [0.25, 0.3) is 0 Å². The van der Waals surface area contributed by atoms with Gasteiger partial charge < -0.3 is 20.3 Å². The van der Waals surface area contributed by atoms with E-state index in [-0.39, 0.29) is 17.4 Å². The first-order valence-corrected chi connectivity index (χ1v) is 9.83. The minimum Gasteiger partial charge on any atom is -0.435 e. The number of anilines is 1. The van der Waals surface area contributed by atoms with E-state index in [1.807, 2.05) is 6.92 Å². The molecule has 2 heterocycles. The first-order chi connectivity index (χ1) is 14.1. The number of H-pyrrole nitrogens is 1. The Balaban J connectivity index is 1.51. The Bertz CT molecular complexity index is 1030. The average molecular weight is 397 g/mol. The molecule has 0 radical (unpaired) electrons. The molecule has 8 heteroatoms. The smallest absolute Gasteiger partial charge is 0.233 e. The number of nitrogen functional groups attached to an aromatic ring is 1. The highest BCUT2D eigenvalue weighted by atomic mass is 19.1. The van der Waals surface area contributed by atoms with Gasteiger partial charge in [0, 0.05) is 16.6 Å². The van der Waals surface area contributed by atoms with Crippen LogP contribution in [0.3, 0.4) is 0 Å². The predicted molar refractivity (Wildman–Crippen MR) is 110 cm³/mol. The minimum atomic E-state index is -0.472. The van der Waals surface area contributed by atoms with Gasteiger partial charge >= 0.3 is 0 Å². The van der Waals surface area contributed by atoms with Crippen molar-refractivity contribution in [1.82, 2.24) is 15.0 Å². The number of halogens is 1. The molecule has 3 N–H and O–H groups in total. The summed E-state index contributed by atoms with van der Waals surface area (Å²) >= 11 is 0. The summed E-state index contributed by atoms with van der Waals surface area (Å²) in [5.74, 6) is 0.409. The molecule has 7 nitrogen and oxygen atoms in total. The fourth-order valence-electron chi connectivity index (χ4n) is 3.66. The molecule has 0 spiro atoms. The third-order valence-corrected chi connectivity index (χ3v) is 5.21. The molecule has 1 aromatic carbocycles. The number of nitrogens with one attached hydrogen (secondary N) is 1. The van der Waals surface area contributed by atoms with Gasteiger partial charge in [-0.15, -0.1) is 0 Å². The zero-order chi connectivity index (χ0) is 20.2. The Morgan fingerprint density at radius 2 is 2.10 bits per heavy atom. The van der Waals surface area contributed by atoms with E-state index >= 15 is 0 Å². The Morgan fingerprint density at radius 1 is 1.28 bits per heavy atom. The molecule has 0 unspecified atom stereocenters. The van der Waals surface area contributed by atoms with Crippen LogP contribution in [-0.4, -0.2) is 27.8 Å². The van der Waals surface area contributed by atoms with Crippen LogP contribution in [0.1, 0.15) is 43.4 Å². The molecule has 0 atom stereocenters. The van der Waals surface area contributed by atoms with Gasteiger partial charge in [-0.05, 0) is 43.9 Å². The van der Waals surface area contributed by atoms with Crippen LogP contribution >= 0.6 is 0 Å². The number of rotatable bonds is 6. The van der Waals surface area contributed by atoms with Crippen molar-refractivity contribution in [2.45, 2.75) is 39.0 Å². The SMILES string of the molecule is Cc1cc2c(F)c(Oc3ncnc(N)c3C=NOCC3CCCCC3)ccc2[nH]1. The molecule has 1 aliphatic carbocycles. The normalized spacial score (nSPS) is 15.2. The minimum absolute atomic E-state index is 0.0485. The summed E-state index contributed by atoms with van der Waals surface area (Å²) in [6.45, 7) is 2.44. The zero-order valence-electron chi connectivity index (χ0n) is 16.3. The Morgan fingerprint density at radius 3 is 2.93 bits per heavy atom. The van der Waals surface area contributed by atoms with Crippen LogP contribution in [0, 0.1) is 18.7 Å². The standard InChI is InChI=1S/C21H24FN5O2/c1-13-9-15-17(27-13)7-8-18(19(15)22)29-21-16(20(23)24-12-25-21)10-26-28-11-14-5-3-2-4-6-14/h7-10,12,14,27H,2-6,11H2,1H3,(H2,23,24,25). The van der Waals surface area contributed by atoms with Gasteiger partial charge in [-0.3, -0.25) is 0 Å². The van der Waals surface area contributed by atoms with Gasteiger partial charge in [0.1, 0.15) is 24.3 Å². The molecule has 3 aromatic rings. The van der Waals surface area contributed by atoms with Gasteiger partial charge in [0.05, 0.1) is 6.21 Å². The van der Waals surface area contributed by atoms with Crippen molar-refractivity contribution in [3.05, 3.63) is 41.6 Å². The van der Waals surface area contributed by atoms with Crippen molar-refractivity contribution in [3.8, 4) is 11.6 Å². The van der Waals surface area contributed by atoms with E-state index in [0.29, 0.717) is 29.0 Å². The van der Waals surface area contributed by atoms with Crippen LogP contribution in [-0.2, 0) is 4.84 Å². The number of aryl methyl sites for hydroxylation is 1. The van der Waals surface area contributed by atoms with Crippen LogP contribution in [0.4, 0.5) is 10.2 Å². The molecular weight excluding hydrogens is 373 g/mol. The van der Waals surface area contributed by atoms with Crippen molar-refractivity contribution < 1.29 is 14.0 Å². The Labute approximate surface area is 168 Å². The highest BCUT2D eigenvalue weighted by Gasteiger charge is 2.16. The van der Waals surface area contributed by atoms with Crippen molar-refractivity contribution in [1.29, 1.82) is 0 Å². The van der Waals surface area contributed by atoms with Crippen molar-refractivity contribution in [2.75, 3.05) is 12.3 Å². The number of oxime groups is 1. The van der Waals surface area contributed by atoms with Crippen LogP contribution in [0.2, 0.25) is 0 Å². The molecule has 2 aromatic heterocycles. The van der Waals surface area contributed by atoms with Crippen molar-refractivity contribution in [3.63, 3.8) is 0 Å². The third kappa shape index (κ3) is 4.31. The molecule has 4 rings (SSSR count). The fourth-order valence-corrected chi connectivity index (χ4v) is 3.66. The highest BCUT2D eigenvalue weighted by molar-refractivity contribution is 5.88. The van der Waals surface area contributed by atoms with E-state index in [1.165, 1.54) is 44.6 Å². The summed E-state index contributed by atoms with van der Waals surface area (Å²) in [5, 5.41) is 4.46. The number of benzene rings is 1. The molecule has 0 bridgehead atoms. The maximum absolute atomic E-state index is 14.8. The van der Waals surface area contributed by atoms with Crippen LogP contribution in [0.15, 0.2) is 29.7 Å². The maximum Gasteiger partial charge on any atom is 0.233 e. The van der Waals surface area contributed by atoms with Gasteiger partial charge in [0.2, 0.25) is 5.88 Å². The number of nitrogens with two attached hydrogens (primary N) is 1. The molecule has 152 valence electrons. The van der Waals surface area contributed by atoms with E-state index in [1.54, 1.807) is 18.2 Å². The number of hydrogen-bond acceptors (Lipinski definition) is 6. The number of fused-ring (bicyclic) bond motifs is 1. The van der Waals surface area contributed by atoms with E-state index in [9.17, 15) is 4.39 Å². The summed E-state index contributed by atoms with van der Waals surface area (Å²) in [6, 6.07) is 5.03. The van der Waals surface area contributed by atoms with Crippen LogP contribution < -0.4 is 10.5 Å². The molecule has 0 amide bonds. The second kappa shape index (κ2) is 8.46. The number of nitrogens with zero attached hydrogens (tertiary/aromatic N) is 3.